The van der Waals surface area contributed by atoms with E-state index in [9.17, 15) is 14.4 Å². The van der Waals surface area contributed by atoms with Crippen molar-refractivity contribution in [2.45, 2.75) is 13.3 Å². The smallest absolute Gasteiger partial charge is 0.340 e. The van der Waals surface area contributed by atoms with Gasteiger partial charge in [0.15, 0.2) is 12.4 Å². The maximum absolute atomic E-state index is 12.1. The highest BCUT2D eigenvalue weighted by Crippen LogP contribution is 2.21. The Kier molecular flexibility index (Phi) is 7.18. The van der Waals surface area contributed by atoms with Gasteiger partial charge in [-0.2, -0.15) is 0 Å². The molecular weight excluding hydrogens is 377 g/mol. The van der Waals surface area contributed by atoms with E-state index < -0.39 is 5.97 Å². The zero-order valence-electron chi connectivity index (χ0n) is 14.1. The minimum Gasteiger partial charge on any atom is -0.454 e. The number of Topliss-reactive ketones (excluding diaryl/α,β-unsaturated/α-hetero) is 1. The topological polar surface area (TPSA) is 72.5 Å². The van der Waals surface area contributed by atoms with E-state index in [0.717, 1.165) is 5.56 Å². The van der Waals surface area contributed by atoms with Crippen molar-refractivity contribution in [2.24, 2.45) is 0 Å². The molecule has 1 N–H and O–H groups in total. The number of hydrogen-bond donors (Lipinski definition) is 1. The van der Waals surface area contributed by atoms with Gasteiger partial charge in [0.1, 0.15) is 0 Å². The number of benzene rings is 2. The standard InChI is InChI=1S/C19H17Cl2NO4/c1-12(23)22-9-8-13-2-4-14(5-3-13)18(24)11-26-19(25)16-7-6-15(20)10-17(16)21/h2-7,10H,8-9,11H2,1H3,(H,22,23). The first-order chi connectivity index (χ1) is 12.4. The van der Waals surface area contributed by atoms with Crippen LogP contribution in [0.5, 0.6) is 0 Å². The molecule has 0 atom stereocenters. The normalized spacial score (nSPS) is 10.3. The van der Waals surface area contributed by atoms with Crippen LogP contribution in [0.25, 0.3) is 0 Å². The molecule has 2 aromatic rings. The number of amides is 1. The van der Waals surface area contributed by atoms with Crippen molar-refractivity contribution >= 4 is 40.9 Å². The van der Waals surface area contributed by atoms with Crippen molar-refractivity contribution in [3.63, 3.8) is 0 Å². The predicted octanol–water partition coefficient (Wildman–Crippen LogP) is 3.71. The molecule has 0 radical (unpaired) electrons. The van der Waals surface area contributed by atoms with Crippen molar-refractivity contribution in [2.75, 3.05) is 13.2 Å². The summed E-state index contributed by atoms with van der Waals surface area (Å²) in [6.07, 6.45) is 0.665. The maximum atomic E-state index is 12.1. The summed E-state index contributed by atoms with van der Waals surface area (Å²) in [4.78, 5) is 35.0. The first-order valence-corrected chi connectivity index (χ1v) is 8.61. The van der Waals surface area contributed by atoms with Crippen LogP contribution in [0.3, 0.4) is 0 Å². The van der Waals surface area contributed by atoms with E-state index in [1.807, 2.05) is 0 Å². The largest absolute Gasteiger partial charge is 0.454 e. The molecule has 0 saturated carbocycles. The van der Waals surface area contributed by atoms with Crippen LogP contribution in [0.15, 0.2) is 42.5 Å². The molecule has 26 heavy (non-hydrogen) atoms. The Balaban J connectivity index is 1.89. The summed E-state index contributed by atoms with van der Waals surface area (Å²) < 4.78 is 5.02. The summed E-state index contributed by atoms with van der Waals surface area (Å²) in [5.74, 6) is -1.09. The van der Waals surface area contributed by atoms with Crippen molar-refractivity contribution < 1.29 is 19.1 Å². The monoisotopic (exact) mass is 393 g/mol. The van der Waals surface area contributed by atoms with Gasteiger partial charge in [-0.3, -0.25) is 9.59 Å². The molecule has 7 heteroatoms. The maximum Gasteiger partial charge on any atom is 0.340 e. The second-order valence-electron chi connectivity index (χ2n) is 5.55. The summed E-state index contributed by atoms with van der Waals surface area (Å²) in [5, 5.41) is 3.27. The molecule has 0 saturated heterocycles. The van der Waals surface area contributed by atoms with Crippen LogP contribution < -0.4 is 5.32 Å². The minimum absolute atomic E-state index is 0.0839. The number of esters is 1. The van der Waals surface area contributed by atoms with E-state index in [0.29, 0.717) is 23.6 Å². The molecule has 0 aliphatic rings. The fourth-order valence-corrected chi connectivity index (χ4v) is 2.67. The quantitative estimate of drug-likeness (QED) is 0.574. The number of rotatable bonds is 7. The zero-order valence-corrected chi connectivity index (χ0v) is 15.6. The Labute approximate surface area is 161 Å². The van der Waals surface area contributed by atoms with Gasteiger partial charge in [0.05, 0.1) is 10.6 Å². The molecule has 0 aliphatic heterocycles. The van der Waals surface area contributed by atoms with Gasteiger partial charge in [-0.1, -0.05) is 47.5 Å². The fraction of sp³-hybridized carbons (Fsp3) is 0.211. The van der Waals surface area contributed by atoms with E-state index in [2.05, 4.69) is 5.32 Å². The molecule has 136 valence electrons. The van der Waals surface area contributed by atoms with Gasteiger partial charge >= 0.3 is 5.97 Å². The Hall–Kier alpha value is -2.37. The fourth-order valence-electron chi connectivity index (χ4n) is 2.19. The number of carbonyl (C=O) groups excluding carboxylic acids is 3. The van der Waals surface area contributed by atoms with Crippen molar-refractivity contribution in [3.05, 3.63) is 69.2 Å². The zero-order chi connectivity index (χ0) is 19.1. The van der Waals surface area contributed by atoms with Gasteiger partial charge in [-0.25, -0.2) is 4.79 Å². The van der Waals surface area contributed by atoms with Crippen LogP contribution in [-0.4, -0.2) is 30.8 Å². The van der Waals surface area contributed by atoms with E-state index >= 15 is 0 Å². The SMILES string of the molecule is CC(=O)NCCc1ccc(C(=O)COC(=O)c2ccc(Cl)cc2Cl)cc1. The van der Waals surface area contributed by atoms with Crippen LogP contribution in [0, 0.1) is 0 Å². The highest BCUT2D eigenvalue weighted by atomic mass is 35.5. The van der Waals surface area contributed by atoms with E-state index in [1.165, 1.54) is 25.1 Å². The average Bonchev–Trinajstić information content (AvgIpc) is 2.59. The molecular formula is C19H17Cl2NO4. The third-order valence-electron chi connectivity index (χ3n) is 3.55. The predicted molar refractivity (Wildman–Crippen MR) is 99.9 cm³/mol. The highest BCUT2D eigenvalue weighted by Gasteiger charge is 2.15. The van der Waals surface area contributed by atoms with Gasteiger partial charge < -0.3 is 10.1 Å². The van der Waals surface area contributed by atoms with Gasteiger partial charge in [0.25, 0.3) is 0 Å². The van der Waals surface area contributed by atoms with Crippen LogP contribution in [0.1, 0.15) is 33.2 Å². The molecule has 0 aromatic heterocycles. The molecule has 0 bridgehead atoms. The number of ketones is 1. The number of hydrogen-bond acceptors (Lipinski definition) is 4. The van der Waals surface area contributed by atoms with Crippen LogP contribution in [-0.2, 0) is 16.0 Å². The van der Waals surface area contributed by atoms with E-state index in [1.54, 1.807) is 24.3 Å². The molecule has 1 amide bonds. The first kappa shape index (κ1) is 19.9. The third-order valence-corrected chi connectivity index (χ3v) is 4.10. The van der Waals surface area contributed by atoms with Gasteiger partial charge in [-0.05, 0) is 30.2 Å². The molecule has 0 aliphatic carbocycles. The number of halogens is 2. The number of carbonyl (C=O) groups is 3. The minimum atomic E-state index is -0.688. The Morgan fingerprint density at radius 3 is 2.35 bits per heavy atom. The lowest BCUT2D eigenvalue weighted by atomic mass is 10.1. The average molecular weight is 394 g/mol. The second-order valence-corrected chi connectivity index (χ2v) is 6.40. The second kappa shape index (κ2) is 9.36. The molecule has 2 rings (SSSR count). The molecule has 0 fully saturated rings. The Bertz CT molecular complexity index is 819. The van der Waals surface area contributed by atoms with Crippen molar-refractivity contribution in [3.8, 4) is 0 Å². The third kappa shape index (κ3) is 5.86. The van der Waals surface area contributed by atoms with Gasteiger partial charge in [0.2, 0.25) is 5.91 Å². The molecule has 0 unspecified atom stereocenters. The highest BCUT2D eigenvalue weighted by molar-refractivity contribution is 6.36. The summed E-state index contributed by atoms with van der Waals surface area (Å²) in [6.45, 7) is 1.60. The molecule has 0 spiro atoms. The summed E-state index contributed by atoms with van der Waals surface area (Å²) in [5.41, 5.74) is 1.57. The summed E-state index contributed by atoms with van der Waals surface area (Å²) in [7, 11) is 0. The van der Waals surface area contributed by atoms with Crippen molar-refractivity contribution in [1.29, 1.82) is 0 Å². The van der Waals surface area contributed by atoms with E-state index in [-0.39, 0.29) is 28.9 Å². The van der Waals surface area contributed by atoms with Gasteiger partial charge in [-0.15, -0.1) is 0 Å². The lowest BCUT2D eigenvalue weighted by Gasteiger charge is -2.07. The number of nitrogens with one attached hydrogen (secondary N) is 1. The van der Waals surface area contributed by atoms with Crippen LogP contribution in [0.2, 0.25) is 10.0 Å². The number of ether oxygens (including phenoxy) is 1. The molecule has 2 aromatic carbocycles. The lowest BCUT2D eigenvalue weighted by molar-refractivity contribution is -0.118. The Morgan fingerprint density at radius 1 is 1.04 bits per heavy atom. The van der Waals surface area contributed by atoms with Crippen LogP contribution in [0.4, 0.5) is 0 Å². The Morgan fingerprint density at radius 2 is 1.73 bits per heavy atom. The molecule has 0 heterocycles. The van der Waals surface area contributed by atoms with Crippen LogP contribution >= 0.6 is 23.2 Å². The lowest BCUT2D eigenvalue weighted by Crippen LogP contribution is -2.22. The molecule has 5 nitrogen and oxygen atoms in total. The first-order valence-electron chi connectivity index (χ1n) is 7.85. The van der Waals surface area contributed by atoms with Gasteiger partial charge in [0, 0.05) is 24.1 Å². The van der Waals surface area contributed by atoms with Crippen molar-refractivity contribution in [1.82, 2.24) is 5.32 Å². The summed E-state index contributed by atoms with van der Waals surface area (Å²) in [6, 6.07) is 11.3. The van der Waals surface area contributed by atoms with E-state index in [4.69, 9.17) is 27.9 Å². The summed E-state index contributed by atoms with van der Waals surface area (Å²) >= 11 is 11.7.